The first-order valence-electron chi connectivity index (χ1n) is 5.74. The molecule has 3 rings (SSSR count). The van der Waals surface area contributed by atoms with Crippen molar-refractivity contribution in [3.8, 4) is 0 Å². The number of oxime groups is 1. The zero-order chi connectivity index (χ0) is 12.5. The van der Waals surface area contributed by atoms with Crippen LogP contribution in [0.3, 0.4) is 0 Å². The number of halogens is 1. The summed E-state index contributed by atoms with van der Waals surface area (Å²) in [5.41, 5.74) is 3.42. The van der Waals surface area contributed by atoms with E-state index in [1.165, 1.54) is 6.07 Å². The van der Waals surface area contributed by atoms with Crippen molar-refractivity contribution in [3.05, 3.63) is 64.7 Å². The molecule has 0 saturated carbocycles. The molecule has 0 fully saturated rings. The van der Waals surface area contributed by atoms with Gasteiger partial charge in [0.15, 0.2) is 0 Å². The topological polar surface area (TPSA) is 45.5 Å². The van der Waals surface area contributed by atoms with E-state index < -0.39 is 0 Å². The van der Waals surface area contributed by atoms with Gasteiger partial charge in [0.05, 0.1) is 0 Å². The van der Waals surface area contributed by atoms with Crippen LogP contribution >= 0.6 is 0 Å². The van der Waals surface area contributed by atoms with Gasteiger partial charge < -0.3 is 5.21 Å². The van der Waals surface area contributed by atoms with E-state index in [2.05, 4.69) is 10.1 Å². The Hall–Kier alpha value is -2.23. The smallest absolute Gasteiger partial charge is 0.127 e. The minimum Gasteiger partial charge on any atom is -0.410 e. The molecule has 0 atom stereocenters. The van der Waals surface area contributed by atoms with Gasteiger partial charge in [0.25, 0.3) is 0 Å². The van der Waals surface area contributed by atoms with Gasteiger partial charge in [-0.3, -0.25) is 4.98 Å². The van der Waals surface area contributed by atoms with Crippen LogP contribution in [0.5, 0.6) is 0 Å². The minimum atomic E-state index is -0.255. The van der Waals surface area contributed by atoms with Crippen LogP contribution in [0.1, 0.15) is 22.3 Å². The highest BCUT2D eigenvalue weighted by molar-refractivity contribution is 6.14. The Morgan fingerprint density at radius 3 is 2.89 bits per heavy atom. The monoisotopic (exact) mass is 242 g/mol. The van der Waals surface area contributed by atoms with Crippen LogP contribution < -0.4 is 0 Å². The summed E-state index contributed by atoms with van der Waals surface area (Å²) in [4.78, 5) is 4.05. The Morgan fingerprint density at radius 1 is 1.17 bits per heavy atom. The highest BCUT2D eigenvalue weighted by Gasteiger charge is 2.22. The van der Waals surface area contributed by atoms with Crippen LogP contribution in [0.15, 0.2) is 41.8 Å². The molecule has 1 aliphatic rings. The Bertz CT molecular complexity index is 637. The van der Waals surface area contributed by atoms with Crippen LogP contribution in [0.2, 0.25) is 0 Å². The molecule has 0 bridgehead atoms. The SMILES string of the molecule is ON=C1c2cnccc2CCc2c(F)cccc21. The molecule has 1 N–H and O–H groups in total. The predicted octanol–water partition coefficient (Wildman–Crippen LogP) is 2.55. The number of nitrogens with zero attached hydrogens (tertiary/aromatic N) is 2. The van der Waals surface area contributed by atoms with Crippen molar-refractivity contribution >= 4 is 5.71 Å². The van der Waals surface area contributed by atoms with Crippen molar-refractivity contribution in [1.29, 1.82) is 0 Å². The number of rotatable bonds is 0. The van der Waals surface area contributed by atoms with E-state index >= 15 is 0 Å². The van der Waals surface area contributed by atoms with Crippen molar-refractivity contribution in [1.82, 2.24) is 4.98 Å². The molecule has 3 nitrogen and oxygen atoms in total. The zero-order valence-electron chi connectivity index (χ0n) is 9.60. The summed E-state index contributed by atoms with van der Waals surface area (Å²) in [6, 6.07) is 6.71. The number of hydrogen-bond acceptors (Lipinski definition) is 3. The molecule has 0 aliphatic heterocycles. The molecule has 0 unspecified atom stereocenters. The molecule has 1 aliphatic carbocycles. The average molecular weight is 242 g/mol. The van der Waals surface area contributed by atoms with E-state index in [0.717, 1.165) is 11.1 Å². The van der Waals surface area contributed by atoms with Gasteiger partial charge in [-0.15, -0.1) is 0 Å². The molecule has 0 saturated heterocycles. The third-order valence-electron chi connectivity index (χ3n) is 3.28. The maximum Gasteiger partial charge on any atom is 0.127 e. The number of hydrogen-bond donors (Lipinski definition) is 1. The average Bonchev–Trinajstić information content (AvgIpc) is 2.56. The molecule has 1 aromatic heterocycles. The van der Waals surface area contributed by atoms with Crippen molar-refractivity contribution in [3.63, 3.8) is 0 Å². The van der Waals surface area contributed by atoms with Crippen molar-refractivity contribution in [2.45, 2.75) is 12.8 Å². The Kier molecular flexibility index (Phi) is 2.55. The van der Waals surface area contributed by atoms with Gasteiger partial charge in [0, 0.05) is 23.5 Å². The fraction of sp³-hybridized carbons (Fsp3) is 0.143. The van der Waals surface area contributed by atoms with E-state index in [1.54, 1.807) is 24.5 Å². The quantitative estimate of drug-likeness (QED) is 0.570. The van der Waals surface area contributed by atoms with Crippen LogP contribution in [0.4, 0.5) is 4.39 Å². The zero-order valence-corrected chi connectivity index (χ0v) is 9.60. The summed E-state index contributed by atoms with van der Waals surface area (Å²) >= 11 is 0. The van der Waals surface area contributed by atoms with Gasteiger partial charge in [-0.2, -0.15) is 0 Å². The summed E-state index contributed by atoms with van der Waals surface area (Å²) < 4.78 is 13.8. The van der Waals surface area contributed by atoms with Gasteiger partial charge >= 0.3 is 0 Å². The van der Waals surface area contributed by atoms with Crippen LogP contribution in [-0.2, 0) is 12.8 Å². The second-order valence-electron chi connectivity index (χ2n) is 4.25. The number of aryl methyl sites for hydroxylation is 1. The molecule has 90 valence electrons. The summed E-state index contributed by atoms with van der Waals surface area (Å²) in [6.45, 7) is 0. The summed E-state index contributed by atoms with van der Waals surface area (Å²) in [7, 11) is 0. The lowest BCUT2D eigenvalue weighted by atomic mass is 9.99. The van der Waals surface area contributed by atoms with Crippen molar-refractivity contribution in [2.24, 2.45) is 5.16 Å². The molecule has 18 heavy (non-hydrogen) atoms. The molecule has 1 aromatic carbocycles. The standard InChI is InChI=1S/C14H11FN2O/c15-13-3-1-2-11-10(13)5-4-9-6-7-16-8-12(9)14(11)17-18/h1-3,6-8,18H,4-5H2. The Morgan fingerprint density at radius 2 is 2.06 bits per heavy atom. The third kappa shape index (κ3) is 1.57. The largest absolute Gasteiger partial charge is 0.410 e. The first-order valence-corrected chi connectivity index (χ1v) is 5.74. The van der Waals surface area contributed by atoms with Gasteiger partial charge in [-0.05, 0) is 36.1 Å². The van der Waals surface area contributed by atoms with Gasteiger partial charge in [-0.25, -0.2) is 4.39 Å². The van der Waals surface area contributed by atoms with E-state index in [-0.39, 0.29) is 5.82 Å². The van der Waals surface area contributed by atoms with Crippen LogP contribution in [0, 0.1) is 5.82 Å². The third-order valence-corrected chi connectivity index (χ3v) is 3.28. The maximum absolute atomic E-state index is 13.8. The highest BCUT2D eigenvalue weighted by atomic mass is 19.1. The van der Waals surface area contributed by atoms with Crippen molar-refractivity contribution < 1.29 is 9.60 Å². The lowest BCUT2D eigenvalue weighted by Gasteiger charge is -2.08. The summed E-state index contributed by atoms with van der Waals surface area (Å²) in [5, 5.41) is 12.6. The summed E-state index contributed by atoms with van der Waals surface area (Å²) in [5.74, 6) is -0.255. The lowest BCUT2D eigenvalue weighted by molar-refractivity contribution is 0.319. The van der Waals surface area contributed by atoms with Gasteiger partial charge in [-0.1, -0.05) is 17.3 Å². The molecular weight excluding hydrogens is 231 g/mol. The summed E-state index contributed by atoms with van der Waals surface area (Å²) in [6.07, 6.45) is 4.66. The molecule has 4 heteroatoms. The molecule has 0 radical (unpaired) electrons. The second-order valence-corrected chi connectivity index (χ2v) is 4.25. The van der Waals surface area contributed by atoms with Crippen LogP contribution in [-0.4, -0.2) is 15.9 Å². The first kappa shape index (κ1) is 10.9. The molecular formula is C14H11FN2O. The second kappa shape index (κ2) is 4.22. The van der Waals surface area contributed by atoms with Gasteiger partial charge in [0.1, 0.15) is 11.5 Å². The number of pyridine rings is 1. The predicted molar refractivity (Wildman–Crippen MR) is 65.5 cm³/mol. The van der Waals surface area contributed by atoms with E-state index in [0.29, 0.717) is 29.7 Å². The van der Waals surface area contributed by atoms with E-state index in [1.807, 2.05) is 6.07 Å². The molecule has 0 amide bonds. The normalized spacial score (nSPS) is 15.9. The van der Waals surface area contributed by atoms with E-state index in [9.17, 15) is 9.60 Å². The van der Waals surface area contributed by atoms with Crippen molar-refractivity contribution in [2.75, 3.05) is 0 Å². The lowest BCUT2D eigenvalue weighted by Crippen LogP contribution is -2.07. The fourth-order valence-electron chi connectivity index (χ4n) is 2.40. The molecule has 0 spiro atoms. The molecule has 2 aromatic rings. The number of aromatic nitrogens is 1. The number of fused-ring (bicyclic) bond motifs is 2. The van der Waals surface area contributed by atoms with Crippen LogP contribution in [0.25, 0.3) is 0 Å². The first-order chi connectivity index (χ1) is 8.81. The minimum absolute atomic E-state index is 0.255. The fourth-order valence-corrected chi connectivity index (χ4v) is 2.40. The maximum atomic E-state index is 13.8. The Labute approximate surface area is 104 Å². The Balaban J connectivity index is 2.29. The van der Waals surface area contributed by atoms with Gasteiger partial charge in [0.2, 0.25) is 0 Å². The van der Waals surface area contributed by atoms with E-state index in [4.69, 9.17) is 0 Å². The molecule has 1 heterocycles. The number of benzene rings is 1. The highest BCUT2D eigenvalue weighted by Crippen LogP contribution is 2.26.